The second-order valence-electron chi connectivity index (χ2n) is 2.54. The number of hydrogen-bond donors (Lipinski definition) is 0. The van der Waals surface area contributed by atoms with Gasteiger partial charge in [-0.15, -0.1) is 0 Å². The molecule has 0 aliphatic heterocycles. The van der Waals surface area contributed by atoms with Gasteiger partial charge in [-0.25, -0.2) is 0 Å². The van der Waals surface area contributed by atoms with Gasteiger partial charge in [0.25, 0.3) is 0 Å². The van der Waals surface area contributed by atoms with Crippen molar-refractivity contribution in [3.63, 3.8) is 0 Å². The van der Waals surface area contributed by atoms with Crippen LogP contribution < -0.4 is 0 Å². The standard InChI is InChI=1S/C9H12S2/c1-8(2)10-11-9-6-4-3-5-7-9/h3-8H,1-2H3. The first kappa shape index (κ1) is 9.01. The quantitative estimate of drug-likeness (QED) is 0.655. The highest BCUT2D eigenvalue weighted by molar-refractivity contribution is 8.76. The summed E-state index contributed by atoms with van der Waals surface area (Å²) >= 11 is 0. The molecular formula is C9H12S2. The molecule has 0 saturated heterocycles. The van der Waals surface area contributed by atoms with Crippen LogP contribution in [0.1, 0.15) is 13.8 Å². The molecule has 0 bridgehead atoms. The van der Waals surface area contributed by atoms with E-state index >= 15 is 0 Å². The van der Waals surface area contributed by atoms with E-state index in [4.69, 9.17) is 0 Å². The van der Waals surface area contributed by atoms with E-state index in [1.165, 1.54) is 4.90 Å². The van der Waals surface area contributed by atoms with E-state index in [9.17, 15) is 0 Å². The minimum absolute atomic E-state index is 0.695. The van der Waals surface area contributed by atoms with Crippen LogP contribution in [0.2, 0.25) is 0 Å². The summed E-state index contributed by atoms with van der Waals surface area (Å²) in [5.41, 5.74) is 0. The second-order valence-corrected chi connectivity index (χ2v) is 5.39. The van der Waals surface area contributed by atoms with Crippen molar-refractivity contribution in [3.8, 4) is 0 Å². The number of hydrogen-bond acceptors (Lipinski definition) is 2. The second kappa shape index (κ2) is 4.73. The molecule has 0 unspecified atom stereocenters. The van der Waals surface area contributed by atoms with Crippen molar-refractivity contribution in [1.82, 2.24) is 0 Å². The topological polar surface area (TPSA) is 0 Å². The molecule has 60 valence electrons. The lowest BCUT2D eigenvalue weighted by atomic mass is 10.4. The summed E-state index contributed by atoms with van der Waals surface area (Å²) in [6.07, 6.45) is 0. The van der Waals surface area contributed by atoms with E-state index in [-0.39, 0.29) is 0 Å². The van der Waals surface area contributed by atoms with E-state index in [1.807, 2.05) is 27.7 Å². The summed E-state index contributed by atoms with van der Waals surface area (Å²) < 4.78 is 0. The van der Waals surface area contributed by atoms with Crippen molar-refractivity contribution >= 4 is 21.6 Å². The minimum atomic E-state index is 0.695. The summed E-state index contributed by atoms with van der Waals surface area (Å²) in [5.74, 6) is 0. The molecule has 0 saturated carbocycles. The number of rotatable bonds is 3. The SMILES string of the molecule is CC(C)SSc1ccccc1. The van der Waals surface area contributed by atoms with Crippen LogP contribution in [0.4, 0.5) is 0 Å². The Bertz CT molecular complexity index is 194. The third kappa shape index (κ3) is 3.73. The molecular weight excluding hydrogens is 172 g/mol. The van der Waals surface area contributed by atoms with Crippen LogP contribution in [0.3, 0.4) is 0 Å². The highest BCUT2D eigenvalue weighted by Gasteiger charge is 1.95. The normalized spacial score (nSPS) is 10.5. The van der Waals surface area contributed by atoms with Gasteiger partial charge in [-0.05, 0) is 12.1 Å². The van der Waals surface area contributed by atoms with Gasteiger partial charge in [0.05, 0.1) is 0 Å². The van der Waals surface area contributed by atoms with Crippen LogP contribution in [-0.4, -0.2) is 5.25 Å². The van der Waals surface area contributed by atoms with Crippen LogP contribution in [0.5, 0.6) is 0 Å². The maximum atomic E-state index is 2.21. The van der Waals surface area contributed by atoms with E-state index in [2.05, 4.69) is 38.1 Å². The summed E-state index contributed by atoms with van der Waals surface area (Å²) in [6.45, 7) is 4.42. The molecule has 0 aliphatic rings. The van der Waals surface area contributed by atoms with Gasteiger partial charge in [0.15, 0.2) is 0 Å². The van der Waals surface area contributed by atoms with Crippen molar-refractivity contribution < 1.29 is 0 Å². The van der Waals surface area contributed by atoms with Crippen LogP contribution in [0.25, 0.3) is 0 Å². The average Bonchev–Trinajstić information content (AvgIpc) is 2.03. The number of benzene rings is 1. The molecule has 1 aromatic carbocycles. The zero-order valence-corrected chi connectivity index (χ0v) is 8.41. The molecule has 0 aromatic heterocycles. The van der Waals surface area contributed by atoms with Gasteiger partial charge in [-0.2, -0.15) is 0 Å². The molecule has 1 aromatic rings. The Morgan fingerprint density at radius 2 is 1.73 bits per heavy atom. The van der Waals surface area contributed by atoms with Crippen molar-refractivity contribution in [3.05, 3.63) is 30.3 Å². The van der Waals surface area contributed by atoms with Crippen molar-refractivity contribution in [2.75, 3.05) is 0 Å². The zero-order chi connectivity index (χ0) is 8.10. The van der Waals surface area contributed by atoms with E-state index in [1.54, 1.807) is 0 Å². The first-order valence-corrected chi connectivity index (χ1v) is 5.88. The van der Waals surface area contributed by atoms with Crippen molar-refractivity contribution in [1.29, 1.82) is 0 Å². The molecule has 0 heterocycles. The lowest BCUT2D eigenvalue weighted by Gasteiger charge is -2.02. The van der Waals surface area contributed by atoms with E-state index in [0.717, 1.165) is 0 Å². The fraction of sp³-hybridized carbons (Fsp3) is 0.333. The van der Waals surface area contributed by atoms with Crippen LogP contribution in [0.15, 0.2) is 35.2 Å². The maximum Gasteiger partial charge on any atom is 0.0182 e. The van der Waals surface area contributed by atoms with Gasteiger partial charge >= 0.3 is 0 Å². The first-order valence-electron chi connectivity index (χ1n) is 3.67. The first-order chi connectivity index (χ1) is 5.29. The van der Waals surface area contributed by atoms with Gasteiger partial charge < -0.3 is 0 Å². The molecule has 0 fully saturated rings. The van der Waals surface area contributed by atoms with Crippen molar-refractivity contribution in [2.45, 2.75) is 24.0 Å². The Kier molecular flexibility index (Phi) is 3.87. The molecule has 0 amide bonds. The molecule has 1 rings (SSSR count). The average molecular weight is 184 g/mol. The summed E-state index contributed by atoms with van der Waals surface area (Å²) in [4.78, 5) is 1.34. The molecule has 0 spiro atoms. The Balaban J connectivity index is 2.39. The van der Waals surface area contributed by atoms with Gasteiger partial charge in [-0.1, -0.05) is 53.6 Å². The lowest BCUT2D eigenvalue weighted by molar-refractivity contribution is 1.12. The van der Waals surface area contributed by atoms with Gasteiger partial charge in [0.1, 0.15) is 0 Å². The summed E-state index contributed by atoms with van der Waals surface area (Å²) in [5, 5.41) is 0.695. The summed E-state index contributed by atoms with van der Waals surface area (Å²) in [7, 11) is 3.75. The van der Waals surface area contributed by atoms with Crippen LogP contribution in [-0.2, 0) is 0 Å². The molecule has 0 N–H and O–H groups in total. The predicted octanol–water partition coefficient (Wildman–Crippen LogP) is 3.84. The predicted molar refractivity (Wildman–Crippen MR) is 55.0 cm³/mol. The Morgan fingerprint density at radius 3 is 2.27 bits per heavy atom. The van der Waals surface area contributed by atoms with Gasteiger partial charge in [0, 0.05) is 10.1 Å². The third-order valence-electron chi connectivity index (χ3n) is 1.08. The van der Waals surface area contributed by atoms with Crippen molar-refractivity contribution in [2.24, 2.45) is 0 Å². The minimum Gasteiger partial charge on any atom is -0.0861 e. The maximum absolute atomic E-state index is 2.21. The van der Waals surface area contributed by atoms with E-state index < -0.39 is 0 Å². The van der Waals surface area contributed by atoms with E-state index in [0.29, 0.717) is 5.25 Å². The fourth-order valence-electron chi connectivity index (χ4n) is 0.628. The molecule has 0 radical (unpaired) electrons. The van der Waals surface area contributed by atoms with Crippen LogP contribution >= 0.6 is 21.6 Å². The lowest BCUT2D eigenvalue weighted by Crippen LogP contribution is -1.80. The molecule has 0 atom stereocenters. The van der Waals surface area contributed by atoms with Gasteiger partial charge in [0.2, 0.25) is 0 Å². The highest BCUT2D eigenvalue weighted by atomic mass is 33.1. The monoisotopic (exact) mass is 184 g/mol. The Labute approximate surface area is 76.2 Å². The third-order valence-corrected chi connectivity index (χ3v) is 4.05. The summed E-state index contributed by atoms with van der Waals surface area (Å²) in [6, 6.07) is 10.5. The fourth-order valence-corrected chi connectivity index (χ4v) is 2.44. The highest BCUT2D eigenvalue weighted by Crippen LogP contribution is 2.33. The van der Waals surface area contributed by atoms with Crippen LogP contribution in [0, 0.1) is 0 Å². The smallest absolute Gasteiger partial charge is 0.0182 e. The largest absolute Gasteiger partial charge is 0.0861 e. The molecule has 0 nitrogen and oxygen atoms in total. The Morgan fingerprint density at radius 1 is 1.09 bits per heavy atom. The Hall–Kier alpha value is -0.0800. The van der Waals surface area contributed by atoms with Gasteiger partial charge in [-0.3, -0.25) is 0 Å². The molecule has 11 heavy (non-hydrogen) atoms. The zero-order valence-electron chi connectivity index (χ0n) is 6.78. The molecule has 2 heteroatoms. The molecule has 0 aliphatic carbocycles.